The number of benzene rings is 1. The minimum Gasteiger partial charge on any atom is -0.394 e. The van der Waals surface area contributed by atoms with Gasteiger partial charge in [0.25, 0.3) is 0 Å². The Labute approximate surface area is 163 Å². The molecule has 0 radical (unpaired) electrons. The summed E-state index contributed by atoms with van der Waals surface area (Å²) in [6.45, 7) is 0.0329. The number of nitrogens with one attached hydrogen (secondary N) is 1. The van der Waals surface area contributed by atoms with Gasteiger partial charge in [0, 0.05) is 31.7 Å². The molecule has 2 N–H and O–H groups in total. The molecule has 1 fully saturated rings. The summed E-state index contributed by atoms with van der Waals surface area (Å²) in [5.41, 5.74) is 2.32. The molecule has 2 aromatic rings. The summed E-state index contributed by atoms with van der Waals surface area (Å²) in [6, 6.07) is 10.3. The monoisotopic (exact) mass is 385 g/mol. The predicted octanol–water partition coefficient (Wildman–Crippen LogP) is 1.13. The third kappa shape index (κ3) is 4.72. The molecule has 1 aliphatic heterocycles. The van der Waals surface area contributed by atoms with Crippen LogP contribution in [0.3, 0.4) is 0 Å². The van der Waals surface area contributed by atoms with E-state index in [0.717, 1.165) is 11.1 Å². The molecule has 1 saturated heterocycles. The number of amides is 2. The van der Waals surface area contributed by atoms with E-state index in [1.807, 2.05) is 24.3 Å². The van der Waals surface area contributed by atoms with Crippen LogP contribution < -0.4 is 5.32 Å². The van der Waals surface area contributed by atoms with Gasteiger partial charge in [0.1, 0.15) is 19.3 Å². The third-order valence-corrected chi connectivity index (χ3v) is 4.52. The van der Waals surface area contributed by atoms with Crippen molar-refractivity contribution in [3.63, 3.8) is 0 Å². The molecular weight excluding hydrogens is 362 g/mol. The minimum absolute atomic E-state index is 0.0223. The van der Waals surface area contributed by atoms with Crippen LogP contribution in [-0.4, -0.2) is 59.8 Å². The smallest absolute Gasteiger partial charge is 0.250 e. The number of morpholine rings is 1. The molecule has 148 valence electrons. The maximum absolute atomic E-state index is 12.4. The number of hydrogen-bond donors (Lipinski definition) is 2. The lowest BCUT2D eigenvalue weighted by molar-refractivity contribution is -0.162. The lowest BCUT2D eigenvalue weighted by atomic mass is 9.98. The van der Waals surface area contributed by atoms with Crippen molar-refractivity contribution in [2.75, 3.05) is 32.2 Å². The molecule has 28 heavy (non-hydrogen) atoms. The van der Waals surface area contributed by atoms with Gasteiger partial charge in [0.05, 0.1) is 12.6 Å². The summed E-state index contributed by atoms with van der Waals surface area (Å²) in [4.78, 5) is 29.7. The van der Waals surface area contributed by atoms with Gasteiger partial charge in [0.2, 0.25) is 11.8 Å². The van der Waals surface area contributed by atoms with Gasteiger partial charge in [-0.15, -0.1) is 0 Å². The number of hydrogen-bond acceptors (Lipinski definition) is 6. The second-order valence-corrected chi connectivity index (χ2v) is 6.47. The largest absolute Gasteiger partial charge is 0.394 e. The number of methoxy groups -OCH3 is 1. The highest BCUT2D eigenvalue weighted by atomic mass is 16.5. The number of rotatable bonds is 7. The molecule has 2 amide bonds. The fraction of sp³-hybridized carbons (Fsp3) is 0.350. The molecule has 0 saturated carbocycles. The predicted molar refractivity (Wildman–Crippen MR) is 101 cm³/mol. The maximum atomic E-state index is 12.4. The van der Waals surface area contributed by atoms with Gasteiger partial charge in [0.15, 0.2) is 0 Å². The van der Waals surface area contributed by atoms with Crippen molar-refractivity contribution in [3.8, 4) is 0 Å². The first-order valence-corrected chi connectivity index (χ1v) is 8.92. The molecule has 1 aliphatic rings. The van der Waals surface area contributed by atoms with Gasteiger partial charge in [-0.2, -0.15) is 0 Å². The van der Waals surface area contributed by atoms with E-state index in [4.69, 9.17) is 9.47 Å². The van der Waals surface area contributed by atoms with Crippen LogP contribution >= 0.6 is 0 Å². The van der Waals surface area contributed by atoms with E-state index in [0.29, 0.717) is 12.2 Å². The van der Waals surface area contributed by atoms with E-state index < -0.39 is 12.1 Å². The highest BCUT2D eigenvalue weighted by Gasteiger charge is 2.37. The van der Waals surface area contributed by atoms with Crippen molar-refractivity contribution in [2.45, 2.75) is 18.7 Å². The zero-order chi connectivity index (χ0) is 19.9. The van der Waals surface area contributed by atoms with Crippen LogP contribution in [0.5, 0.6) is 0 Å². The number of ether oxygens (including phenoxy) is 2. The Hall–Kier alpha value is -2.81. The number of anilines is 1. The Morgan fingerprint density at radius 2 is 2.14 bits per heavy atom. The van der Waals surface area contributed by atoms with Crippen molar-refractivity contribution >= 4 is 17.5 Å². The highest BCUT2D eigenvalue weighted by Crippen LogP contribution is 2.30. The Morgan fingerprint density at radius 1 is 1.36 bits per heavy atom. The number of pyridine rings is 1. The summed E-state index contributed by atoms with van der Waals surface area (Å²) in [7, 11) is 1.46. The second-order valence-electron chi connectivity index (χ2n) is 6.47. The van der Waals surface area contributed by atoms with E-state index in [9.17, 15) is 14.7 Å². The van der Waals surface area contributed by atoms with Crippen LogP contribution in [0, 0.1) is 0 Å². The van der Waals surface area contributed by atoms with Gasteiger partial charge in [-0.25, -0.2) is 0 Å². The van der Waals surface area contributed by atoms with Crippen LogP contribution in [0.4, 0.5) is 5.69 Å². The first-order valence-electron chi connectivity index (χ1n) is 8.92. The van der Waals surface area contributed by atoms with Gasteiger partial charge in [-0.05, 0) is 29.3 Å². The molecule has 2 heterocycles. The summed E-state index contributed by atoms with van der Waals surface area (Å²) in [6.07, 6.45) is 2.90. The molecular formula is C20H23N3O5. The van der Waals surface area contributed by atoms with E-state index in [1.54, 1.807) is 29.4 Å². The summed E-state index contributed by atoms with van der Waals surface area (Å²) in [5, 5.41) is 12.7. The minimum atomic E-state index is -0.518. The lowest BCUT2D eigenvalue weighted by Crippen LogP contribution is -2.52. The normalized spacial score (nSPS) is 19.5. The molecule has 0 bridgehead atoms. The number of nitrogens with zero attached hydrogens (tertiary/aromatic N) is 2. The van der Waals surface area contributed by atoms with Crippen molar-refractivity contribution in [3.05, 3.63) is 59.9 Å². The average molecular weight is 385 g/mol. The van der Waals surface area contributed by atoms with Crippen molar-refractivity contribution < 1.29 is 24.2 Å². The van der Waals surface area contributed by atoms with Gasteiger partial charge in [-0.3, -0.25) is 14.6 Å². The summed E-state index contributed by atoms with van der Waals surface area (Å²) in [5.74, 6) is -0.423. The molecule has 2 unspecified atom stereocenters. The van der Waals surface area contributed by atoms with Crippen molar-refractivity contribution in [2.24, 2.45) is 0 Å². The number of aromatic nitrogens is 1. The van der Waals surface area contributed by atoms with Crippen molar-refractivity contribution in [1.29, 1.82) is 0 Å². The Kier molecular flexibility index (Phi) is 6.70. The van der Waals surface area contributed by atoms with E-state index in [2.05, 4.69) is 10.3 Å². The Bertz CT molecular complexity index is 797. The van der Waals surface area contributed by atoms with E-state index in [1.165, 1.54) is 7.11 Å². The molecule has 1 aromatic carbocycles. The van der Waals surface area contributed by atoms with Crippen LogP contribution in [0.15, 0.2) is 48.8 Å². The van der Waals surface area contributed by atoms with E-state index in [-0.39, 0.29) is 31.6 Å². The summed E-state index contributed by atoms with van der Waals surface area (Å²) >= 11 is 0. The zero-order valence-electron chi connectivity index (χ0n) is 15.6. The van der Waals surface area contributed by atoms with Gasteiger partial charge in [-0.1, -0.05) is 18.2 Å². The molecule has 0 aliphatic carbocycles. The van der Waals surface area contributed by atoms with Gasteiger partial charge >= 0.3 is 0 Å². The number of aliphatic hydroxyl groups is 1. The lowest BCUT2D eigenvalue weighted by Gasteiger charge is -2.40. The zero-order valence-corrected chi connectivity index (χ0v) is 15.6. The number of carbonyl (C=O) groups excluding carboxylic acids is 2. The maximum Gasteiger partial charge on any atom is 0.250 e. The first-order chi connectivity index (χ1) is 13.6. The SMILES string of the molecule is COCC(=O)Nc1ccc(C2OCC(=O)N(Cc3cccnc3)C2CO)cc1. The fourth-order valence-corrected chi connectivity index (χ4v) is 3.19. The molecule has 8 heteroatoms. The molecule has 2 atom stereocenters. The number of carbonyl (C=O) groups is 2. The molecule has 8 nitrogen and oxygen atoms in total. The third-order valence-electron chi connectivity index (χ3n) is 4.52. The quantitative estimate of drug-likeness (QED) is 0.741. The molecule has 1 aromatic heterocycles. The first kappa shape index (κ1) is 19.9. The van der Waals surface area contributed by atoms with Crippen molar-refractivity contribution in [1.82, 2.24) is 9.88 Å². The standard InChI is InChI=1S/C20H23N3O5/c1-27-12-18(25)22-16-6-4-15(5-7-16)20-17(11-24)23(19(26)13-28-20)10-14-3-2-8-21-9-14/h2-9,17,20,24H,10-13H2,1H3,(H,22,25). The van der Waals surface area contributed by atoms with Crippen LogP contribution in [0.1, 0.15) is 17.2 Å². The van der Waals surface area contributed by atoms with Gasteiger partial charge < -0.3 is 24.8 Å². The fourth-order valence-electron chi connectivity index (χ4n) is 3.19. The number of aliphatic hydroxyl groups excluding tert-OH is 1. The average Bonchev–Trinajstić information content (AvgIpc) is 2.71. The van der Waals surface area contributed by atoms with Crippen LogP contribution in [0.2, 0.25) is 0 Å². The summed E-state index contributed by atoms with van der Waals surface area (Å²) < 4.78 is 10.5. The van der Waals surface area contributed by atoms with E-state index >= 15 is 0 Å². The topological polar surface area (TPSA) is 101 Å². The second kappa shape index (κ2) is 9.41. The van der Waals surface area contributed by atoms with Crippen LogP contribution in [0.25, 0.3) is 0 Å². The molecule has 0 spiro atoms. The Morgan fingerprint density at radius 3 is 2.79 bits per heavy atom. The van der Waals surface area contributed by atoms with Crippen LogP contribution in [-0.2, 0) is 25.6 Å². The Balaban J connectivity index is 1.75. The highest BCUT2D eigenvalue weighted by molar-refractivity contribution is 5.91. The molecule has 3 rings (SSSR count).